The van der Waals surface area contributed by atoms with Crippen molar-refractivity contribution >= 4 is 47.3 Å². The van der Waals surface area contributed by atoms with Crippen LogP contribution in [0.15, 0.2) is 121 Å². The highest BCUT2D eigenvalue weighted by Crippen LogP contribution is 2.19. The summed E-state index contributed by atoms with van der Waals surface area (Å²) in [5, 5.41) is 9.02. The van der Waals surface area contributed by atoms with Crippen LogP contribution in [0.4, 0.5) is 0 Å². The van der Waals surface area contributed by atoms with Gasteiger partial charge in [-0.3, -0.25) is 38.4 Å². The lowest BCUT2D eigenvalue weighted by molar-refractivity contribution is -0.142. The van der Waals surface area contributed by atoms with Gasteiger partial charge in [0.2, 0.25) is 47.3 Å². The molecule has 4 aromatic rings. The average Bonchev–Trinajstić information content (AvgIpc) is 3.55. The van der Waals surface area contributed by atoms with Crippen LogP contribution in [0.25, 0.3) is 0 Å². The lowest BCUT2D eigenvalue weighted by Gasteiger charge is -2.34. The third kappa shape index (κ3) is 27.8. The summed E-state index contributed by atoms with van der Waals surface area (Å²) in [7, 11) is 0. The van der Waals surface area contributed by atoms with Crippen molar-refractivity contribution in [3.05, 3.63) is 144 Å². The lowest BCUT2D eigenvalue weighted by atomic mass is 10.0. The fourth-order valence-electron chi connectivity index (χ4n) is 11.0. The number of primary amides is 1. The molecule has 4 aromatic carbocycles. The van der Waals surface area contributed by atoms with Crippen molar-refractivity contribution in [1.29, 1.82) is 0 Å². The first-order valence-corrected chi connectivity index (χ1v) is 32.2. The van der Waals surface area contributed by atoms with Crippen LogP contribution in [0.1, 0.15) is 125 Å². The number of amides is 8. The van der Waals surface area contributed by atoms with Crippen molar-refractivity contribution in [1.82, 2.24) is 35.6 Å². The summed E-state index contributed by atoms with van der Waals surface area (Å²) in [5.74, 6) is -3.23. The van der Waals surface area contributed by atoms with Crippen LogP contribution >= 0.6 is 0 Å². The van der Waals surface area contributed by atoms with Gasteiger partial charge in [-0.15, -0.1) is 0 Å². The number of hydrogen-bond donors (Lipinski definition) is 9. The summed E-state index contributed by atoms with van der Waals surface area (Å²) in [4.78, 5) is 120. The molecule has 89 heavy (non-hydrogen) atoms. The van der Waals surface area contributed by atoms with Gasteiger partial charge in [-0.1, -0.05) is 121 Å². The largest absolute Gasteiger partial charge is 0.368 e. The molecular weight excluding hydrogens is 1130 g/mol. The van der Waals surface area contributed by atoms with Crippen molar-refractivity contribution in [2.24, 2.45) is 34.4 Å². The molecule has 0 aromatic heterocycles. The molecule has 0 fully saturated rings. The fraction of sp³-hybridized carbons (Fsp3) is 0.529. The number of nitrogens with one attached hydrogen (secondary N) is 3. The maximum atomic E-state index is 14.9. The van der Waals surface area contributed by atoms with E-state index in [-0.39, 0.29) is 115 Å². The van der Waals surface area contributed by atoms with Gasteiger partial charge in [0.25, 0.3) is 0 Å². The standard InChI is InChI=1S/C68H103N13O8/c69-41-17-13-29-57(65(74)86)79(62(83)38-34-54-23-7-2-8-24-54)50-46-75-67(88)59(31-15-19-43-71)81(64(85)40-36-56-27-11-4-12-28-56)52-48-77-68(89)60(32-16-20-44-72)80(63(84)39-35-55-25-9-3-10-26-55)51-47-76-66(87)58(30-14-18-42-70)78(49-45-73)61(82)37-33-53-21-5-1-6-22-53/h1-12,21-28,57-60H,13-20,29-52,69-73H2,(H2,74,86)(H,75,88)(H,76,87)(H,77,89)/t57-,58-,59-,60-/m0/s1. The molecule has 0 spiro atoms. The smallest absolute Gasteiger partial charge is 0.242 e. The van der Waals surface area contributed by atoms with Gasteiger partial charge in [0.1, 0.15) is 24.2 Å². The second-order valence-electron chi connectivity index (χ2n) is 22.6. The SMILES string of the molecule is NCCCC[C@@H](C(N)=O)N(CCNC(=O)[C@H](CCCCN)N(CCNC(=O)[C@H](CCCCN)N(CCNC(=O)[C@H](CCCCN)N(CCN)C(=O)CCc1ccccc1)C(=O)CCc1ccccc1)C(=O)CCc1ccccc1)C(=O)CCc1ccccc1. The molecular formula is C68H103N13O8. The molecule has 4 atom stereocenters. The number of hydrogen-bond acceptors (Lipinski definition) is 13. The lowest BCUT2D eigenvalue weighted by Crippen LogP contribution is -2.56. The predicted molar refractivity (Wildman–Crippen MR) is 350 cm³/mol. The van der Waals surface area contributed by atoms with E-state index >= 15 is 0 Å². The molecule has 0 bridgehead atoms. The van der Waals surface area contributed by atoms with Crippen molar-refractivity contribution < 1.29 is 38.4 Å². The average molecular weight is 1230 g/mol. The Labute approximate surface area is 528 Å². The van der Waals surface area contributed by atoms with E-state index in [4.69, 9.17) is 34.4 Å². The Morgan fingerprint density at radius 2 is 0.551 bits per heavy atom. The molecule has 15 N–H and O–H groups in total. The summed E-state index contributed by atoms with van der Waals surface area (Å²) in [5.41, 5.74) is 39.4. The highest BCUT2D eigenvalue weighted by molar-refractivity contribution is 5.90. The normalized spacial score (nSPS) is 12.4. The minimum Gasteiger partial charge on any atom is -0.368 e. The summed E-state index contributed by atoms with van der Waals surface area (Å²) in [6.45, 7) is 1.43. The first-order chi connectivity index (χ1) is 43.3. The third-order valence-electron chi connectivity index (χ3n) is 16.0. The summed E-state index contributed by atoms with van der Waals surface area (Å²) in [6.07, 6.45) is 7.64. The number of carbonyl (C=O) groups excluding carboxylic acids is 8. The summed E-state index contributed by atoms with van der Waals surface area (Å²) >= 11 is 0. The Hall–Kier alpha value is -7.56. The molecule has 0 aliphatic carbocycles. The molecule has 0 saturated carbocycles. The molecule has 0 radical (unpaired) electrons. The maximum absolute atomic E-state index is 14.9. The van der Waals surface area contributed by atoms with Gasteiger partial charge in [-0.05, 0) is 151 Å². The first kappa shape index (κ1) is 73.9. The Balaban J connectivity index is 1.63. The number of benzene rings is 4. The molecule has 0 unspecified atom stereocenters. The topological polar surface area (TPSA) is 342 Å². The maximum Gasteiger partial charge on any atom is 0.242 e. The number of carbonyl (C=O) groups is 8. The highest BCUT2D eigenvalue weighted by Gasteiger charge is 2.34. The zero-order valence-corrected chi connectivity index (χ0v) is 52.5. The molecule has 21 heteroatoms. The predicted octanol–water partition coefficient (Wildman–Crippen LogP) is 3.61. The van der Waals surface area contributed by atoms with Crippen molar-refractivity contribution in [2.45, 2.75) is 153 Å². The Morgan fingerprint density at radius 1 is 0.315 bits per heavy atom. The van der Waals surface area contributed by atoms with Gasteiger partial charge in [-0.2, -0.15) is 0 Å². The van der Waals surface area contributed by atoms with E-state index in [0.717, 1.165) is 22.3 Å². The van der Waals surface area contributed by atoms with Gasteiger partial charge in [0.05, 0.1) is 0 Å². The van der Waals surface area contributed by atoms with Crippen molar-refractivity contribution in [2.75, 3.05) is 78.5 Å². The molecule has 488 valence electrons. The van der Waals surface area contributed by atoms with Crippen molar-refractivity contribution in [3.63, 3.8) is 0 Å². The molecule has 8 amide bonds. The number of unbranched alkanes of at least 4 members (excludes halogenated alkanes) is 4. The molecule has 4 rings (SSSR count). The van der Waals surface area contributed by atoms with Gasteiger partial charge < -0.3 is 70.0 Å². The van der Waals surface area contributed by atoms with Crippen LogP contribution < -0.4 is 50.4 Å². The zero-order chi connectivity index (χ0) is 64.4. The number of aryl methyl sites for hydroxylation is 4. The van der Waals surface area contributed by atoms with E-state index in [1.54, 1.807) is 4.90 Å². The Kier molecular flexibility index (Phi) is 36.5. The number of nitrogens with zero attached hydrogens (tertiary/aromatic N) is 4. The Bertz CT molecular complexity index is 2680. The monoisotopic (exact) mass is 1230 g/mol. The fourth-order valence-corrected chi connectivity index (χ4v) is 11.0. The highest BCUT2D eigenvalue weighted by atomic mass is 16.2. The molecule has 21 nitrogen and oxygen atoms in total. The molecule has 0 aliphatic heterocycles. The van der Waals surface area contributed by atoms with Crippen LogP contribution in [-0.2, 0) is 64.0 Å². The number of rotatable bonds is 47. The van der Waals surface area contributed by atoms with Gasteiger partial charge in [-0.25, -0.2) is 0 Å². The second kappa shape index (κ2) is 44.0. The molecule has 0 saturated heterocycles. The first-order valence-electron chi connectivity index (χ1n) is 32.2. The van der Waals surface area contributed by atoms with Gasteiger partial charge >= 0.3 is 0 Å². The number of nitrogens with two attached hydrogens (primary N) is 6. The Morgan fingerprint density at radius 3 is 0.787 bits per heavy atom. The molecule has 0 aliphatic rings. The van der Waals surface area contributed by atoms with E-state index < -0.39 is 47.8 Å². The van der Waals surface area contributed by atoms with Crippen LogP contribution in [-0.4, -0.2) is 170 Å². The van der Waals surface area contributed by atoms with Gasteiger partial charge in [0, 0.05) is 78.0 Å². The van der Waals surface area contributed by atoms with E-state index in [1.807, 2.05) is 121 Å². The molecule has 0 heterocycles. The minimum atomic E-state index is -1.03. The second-order valence-corrected chi connectivity index (χ2v) is 22.6. The van der Waals surface area contributed by atoms with Gasteiger partial charge in [0.15, 0.2) is 0 Å². The van der Waals surface area contributed by atoms with E-state index in [2.05, 4.69) is 16.0 Å². The van der Waals surface area contributed by atoms with Crippen LogP contribution in [0.2, 0.25) is 0 Å². The third-order valence-corrected chi connectivity index (χ3v) is 16.0. The van der Waals surface area contributed by atoms with Crippen LogP contribution in [0, 0.1) is 0 Å². The van der Waals surface area contributed by atoms with E-state index in [9.17, 15) is 38.4 Å². The van der Waals surface area contributed by atoms with E-state index in [1.165, 1.54) is 14.7 Å². The zero-order valence-electron chi connectivity index (χ0n) is 52.5. The summed E-state index contributed by atoms with van der Waals surface area (Å²) in [6, 6.07) is 34.3. The quantitative estimate of drug-likeness (QED) is 0.0286. The van der Waals surface area contributed by atoms with Crippen molar-refractivity contribution in [3.8, 4) is 0 Å². The minimum absolute atomic E-state index is 0.0319. The van der Waals surface area contributed by atoms with Crippen LogP contribution in [0.3, 0.4) is 0 Å². The summed E-state index contributed by atoms with van der Waals surface area (Å²) < 4.78 is 0. The van der Waals surface area contributed by atoms with E-state index in [0.29, 0.717) is 116 Å². The van der Waals surface area contributed by atoms with Crippen LogP contribution in [0.5, 0.6) is 0 Å².